The molecule has 0 aromatic heterocycles. The quantitative estimate of drug-likeness (QED) is 0.786. The lowest BCUT2D eigenvalue weighted by Crippen LogP contribution is -2.47. The fraction of sp³-hybridized carbons (Fsp3) is 0.923. The van der Waals surface area contributed by atoms with Crippen LogP contribution in [-0.2, 0) is 4.79 Å². The number of alkyl halides is 1. The predicted octanol–water partition coefficient (Wildman–Crippen LogP) is 1.84. The molecule has 4 heteroatoms. The minimum Gasteiger partial charge on any atom is -0.341 e. The Labute approximate surface area is 109 Å². The standard InChI is InChI=1S/C13H23ClN2O/c1-9(2)11(15)12(17)16-4-3-13(8-16)5-10(6-13)7-14/h9-11H,3-8,15H2,1-2H3. The van der Waals surface area contributed by atoms with E-state index in [1.54, 1.807) is 0 Å². The lowest BCUT2D eigenvalue weighted by molar-refractivity contribution is -0.133. The van der Waals surface area contributed by atoms with Crippen molar-refractivity contribution in [3.63, 3.8) is 0 Å². The smallest absolute Gasteiger partial charge is 0.239 e. The molecule has 1 aliphatic heterocycles. The molecule has 1 heterocycles. The maximum atomic E-state index is 12.1. The van der Waals surface area contributed by atoms with Gasteiger partial charge in [0.05, 0.1) is 6.04 Å². The summed E-state index contributed by atoms with van der Waals surface area (Å²) in [4.78, 5) is 14.1. The van der Waals surface area contributed by atoms with Gasteiger partial charge >= 0.3 is 0 Å². The van der Waals surface area contributed by atoms with E-state index < -0.39 is 0 Å². The van der Waals surface area contributed by atoms with Crippen molar-refractivity contribution in [3.8, 4) is 0 Å². The van der Waals surface area contributed by atoms with Crippen LogP contribution in [0.25, 0.3) is 0 Å². The molecule has 0 radical (unpaired) electrons. The van der Waals surface area contributed by atoms with Crippen LogP contribution in [-0.4, -0.2) is 35.8 Å². The lowest BCUT2D eigenvalue weighted by atomic mass is 9.62. The molecule has 1 amide bonds. The molecule has 98 valence electrons. The average molecular weight is 259 g/mol. The molecule has 0 aromatic carbocycles. The predicted molar refractivity (Wildman–Crippen MR) is 69.9 cm³/mol. The van der Waals surface area contributed by atoms with Crippen molar-refractivity contribution in [1.29, 1.82) is 0 Å². The Morgan fingerprint density at radius 2 is 2.18 bits per heavy atom. The summed E-state index contributed by atoms with van der Waals surface area (Å²) in [6.45, 7) is 5.79. The van der Waals surface area contributed by atoms with Crippen molar-refractivity contribution in [2.45, 2.75) is 39.2 Å². The van der Waals surface area contributed by atoms with Crippen molar-refractivity contribution >= 4 is 17.5 Å². The van der Waals surface area contributed by atoms with Gasteiger partial charge in [-0.2, -0.15) is 0 Å². The summed E-state index contributed by atoms with van der Waals surface area (Å²) in [5, 5.41) is 0. The highest BCUT2D eigenvalue weighted by molar-refractivity contribution is 6.18. The van der Waals surface area contributed by atoms with E-state index in [0.717, 1.165) is 25.4 Å². The SMILES string of the molecule is CC(C)C(N)C(=O)N1CCC2(CC(CCl)C2)C1. The molecule has 1 unspecified atom stereocenters. The Morgan fingerprint density at radius 3 is 2.71 bits per heavy atom. The summed E-state index contributed by atoms with van der Waals surface area (Å²) in [5.41, 5.74) is 6.31. The van der Waals surface area contributed by atoms with E-state index in [2.05, 4.69) is 0 Å². The van der Waals surface area contributed by atoms with Gasteiger partial charge in [-0.3, -0.25) is 4.79 Å². The first-order valence-corrected chi connectivity index (χ1v) is 7.11. The van der Waals surface area contributed by atoms with E-state index in [0.29, 0.717) is 11.3 Å². The average Bonchev–Trinajstić information content (AvgIpc) is 2.69. The molecule has 1 aliphatic carbocycles. The third kappa shape index (κ3) is 2.45. The van der Waals surface area contributed by atoms with Crippen LogP contribution in [0.15, 0.2) is 0 Å². The zero-order valence-electron chi connectivity index (χ0n) is 10.8. The molecule has 3 nitrogen and oxygen atoms in total. The van der Waals surface area contributed by atoms with Gasteiger partial charge in [0.2, 0.25) is 5.91 Å². The summed E-state index contributed by atoms with van der Waals surface area (Å²) >= 11 is 5.86. The van der Waals surface area contributed by atoms with Crippen LogP contribution in [0.4, 0.5) is 0 Å². The third-order valence-electron chi connectivity index (χ3n) is 4.41. The highest BCUT2D eigenvalue weighted by Gasteiger charge is 2.49. The van der Waals surface area contributed by atoms with Crippen molar-refractivity contribution < 1.29 is 4.79 Å². The maximum Gasteiger partial charge on any atom is 0.239 e. The second-order valence-electron chi connectivity index (χ2n) is 6.21. The van der Waals surface area contributed by atoms with Crippen LogP contribution in [0.1, 0.15) is 33.1 Å². The van der Waals surface area contributed by atoms with E-state index >= 15 is 0 Å². The molecule has 1 spiro atoms. The minimum atomic E-state index is -0.339. The summed E-state index contributed by atoms with van der Waals surface area (Å²) < 4.78 is 0. The number of amides is 1. The van der Waals surface area contributed by atoms with Crippen LogP contribution >= 0.6 is 11.6 Å². The molecule has 2 N–H and O–H groups in total. The van der Waals surface area contributed by atoms with Crippen LogP contribution in [0, 0.1) is 17.3 Å². The van der Waals surface area contributed by atoms with Gasteiger partial charge < -0.3 is 10.6 Å². The number of nitrogens with zero attached hydrogens (tertiary/aromatic N) is 1. The molecule has 2 fully saturated rings. The molecule has 17 heavy (non-hydrogen) atoms. The van der Waals surface area contributed by atoms with Crippen LogP contribution < -0.4 is 5.73 Å². The highest BCUT2D eigenvalue weighted by Crippen LogP contribution is 2.52. The molecule has 0 bridgehead atoms. The Bertz CT molecular complexity index is 300. The lowest BCUT2D eigenvalue weighted by Gasteiger charge is -2.44. The third-order valence-corrected chi connectivity index (χ3v) is 4.85. The molecular weight excluding hydrogens is 236 g/mol. The molecular formula is C13H23ClN2O. The molecule has 2 aliphatic rings. The topological polar surface area (TPSA) is 46.3 Å². The summed E-state index contributed by atoms with van der Waals surface area (Å²) in [5.74, 6) is 1.79. The van der Waals surface area contributed by atoms with Gasteiger partial charge in [0, 0.05) is 19.0 Å². The van der Waals surface area contributed by atoms with E-state index in [1.165, 1.54) is 12.8 Å². The van der Waals surface area contributed by atoms with Gasteiger partial charge in [-0.1, -0.05) is 13.8 Å². The largest absolute Gasteiger partial charge is 0.341 e. The Hall–Kier alpha value is -0.280. The fourth-order valence-electron chi connectivity index (χ4n) is 3.23. The van der Waals surface area contributed by atoms with Gasteiger partial charge in [0.1, 0.15) is 0 Å². The van der Waals surface area contributed by atoms with Crippen LogP contribution in [0.5, 0.6) is 0 Å². The van der Waals surface area contributed by atoms with Gasteiger partial charge in [0.15, 0.2) is 0 Å². The van der Waals surface area contributed by atoms with Gasteiger partial charge in [-0.25, -0.2) is 0 Å². The monoisotopic (exact) mass is 258 g/mol. The minimum absolute atomic E-state index is 0.131. The normalized spacial score (nSPS) is 34.2. The van der Waals surface area contributed by atoms with Gasteiger partial charge in [0.25, 0.3) is 0 Å². The molecule has 0 aromatic rings. The first-order chi connectivity index (χ1) is 7.97. The van der Waals surface area contributed by atoms with Gasteiger partial charge in [-0.05, 0) is 36.5 Å². The number of likely N-dealkylation sites (tertiary alicyclic amines) is 1. The highest BCUT2D eigenvalue weighted by atomic mass is 35.5. The summed E-state index contributed by atoms with van der Waals surface area (Å²) in [6.07, 6.45) is 3.52. The van der Waals surface area contributed by atoms with E-state index in [4.69, 9.17) is 17.3 Å². The molecule has 1 saturated carbocycles. The Kier molecular flexibility index (Phi) is 3.69. The summed E-state index contributed by atoms with van der Waals surface area (Å²) in [6, 6.07) is -0.339. The zero-order chi connectivity index (χ0) is 12.6. The van der Waals surface area contributed by atoms with Crippen molar-refractivity contribution in [1.82, 2.24) is 4.90 Å². The first kappa shape index (κ1) is 13.2. The Morgan fingerprint density at radius 1 is 1.53 bits per heavy atom. The van der Waals surface area contributed by atoms with E-state index in [1.807, 2.05) is 18.7 Å². The number of rotatable bonds is 3. The number of carbonyl (C=O) groups excluding carboxylic acids is 1. The van der Waals surface area contributed by atoms with Crippen LogP contribution in [0.2, 0.25) is 0 Å². The molecule has 1 atom stereocenters. The van der Waals surface area contributed by atoms with E-state index in [9.17, 15) is 4.79 Å². The summed E-state index contributed by atoms with van der Waals surface area (Å²) in [7, 11) is 0. The number of nitrogens with two attached hydrogens (primary N) is 1. The number of hydrogen-bond donors (Lipinski definition) is 1. The zero-order valence-corrected chi connectivity index (χ0v) is 11.5. The van der Waals surface area contributed by atoms with Crippen molar-refractivity contribution in [3.05, 3.63) is 0 Å². The number of carbonyl (C=O) groups is 1. The van der Waals surface area contributed by atoms with Crippen LogP contribution in [0.3, 0.4) is 0 Å². The fourth-order valence-corrected chi connectivity index (χ4v) is 3.44. The number of hydrogen-bond acceptors (Lipinski definition) is 2. The number of halogens is 1. The molecule has 2 rings (SSSR count). The Balaban J connectivity index is 1.88. The van der Waals surface area contributed by atoms with E-state index in [-0.39, 0.29) is 17.9 Å². The second kappa shape index (κ2) is 4.77. The van der Waals surface area contributed by atoms with Crippen molar-refractivity contribution in [2.24, 2.45) is 23.0 Å². The second-order valence-corrected chi connectivity index (χ2v) is 6.52. The maximum absolute atomic E-state index is 12.1. The first-order valence-electron chi connectivity index (χ1n) is 6.58. The van der Waals surface area contributed by atoms with Gasteiger partial charge in [-0.15, -0.1) is 11.6 Å². The molecule has 1 saturated heterocycles. The van der Waals surface area contributed by atoms with Crippen molar-refractivity contribution in [2.75, 3.05) is 19.0 Å².